The summed E-state index contributed by atoms with van der Waals surface area (Å²) in [6.45, 7) is 6.00. The second-order valence-electron chi connectivity index (χ2n) is 3.22. The molecule has 0 saturated heterocycles. The van der Waals surface area contributed by atoms with Gasteiger partial charge in [-0.1, -0.05) is 6.08 Å². The summed E-state index contributed by atoms with van der Waals surface area (Å²) in [5.74, 6) is 0.763. The molecule has 1 fully saturated rings. The molecule has 0 aromatic rings. The first-order chi connectivity index (χ1) is 5.79. The van der Waals surface area contributed by atoms with Gasteiger partial charge in [-0.15, -0.1) is 6.58 Å². The van der Waals surface area contributed by atoms with Gasteiger partial charge in [0.15, 0.2) is 0 Å². The van der Waals surface area contributed by atoms with Crippen molar-refractivity contribution in [3.63, 3.8) is 0 Å². The van der Waals surface area contributed by atoms with Crippen molar-refractivity contribution < 1.29 is 9.53 Å². The molecule has 2 heteroatoms. The maximum atomic E-state index is 11.1. The maximum absolute atomic E-state index is 11.1. The summed E-state index contributed by atoms with van der Waals surface area (Å²) in [5.41, 5.74) is 0. The Balaban J connectivity index is 2.14. The van der Waals surface area contributed by atoms with Crippen LogP contribution in [0.25, 0.3) is 0 Å². The Morgan fingerprint density at radius 2 is 2.50 bits per heavy atom. The number of hydrogen-bond acceptors (Lipinski definition) is 2. The average Bonchev–Trinajstić information content (AvgIpc) is 2.80. The van der Waals surface area contributed by atoms with E-state index in [-0.39, 0.29) is 11.9 Å². The molecule has 2 atom stereocenters. The van der Waals surface area contributed by atoms with E-state index in [0.717, 1.165) is 19.3 Å². The molecule has 1 rings (SSSR count). The van der Waals surface area contributed by atoms with E-state index >= 15 is 0 Å². The van der Waals surface area contributed by atoms with E-state index in [1.165, 1.54) is 0 Å². The molecule has 0 spiro atoms. The summed E-state index contributed by atoms with van der Waals surface area (Å²) in [6.07, 6.45) is 5.03. The summed E-state index contributed by atoms with van der Waals surface area (Å²) >= 11 is 0. The highest BCUT2D eigenvalue weighted by atomic mass is 16.5. The zero-order chi connectivity index (χ0) is 8.97. The van der Waals surface area contributed by atoms with Crippen LogP contribution in [-0.2, 0) is 9.53 Å². The van der Waals surface area contributed by atoms with Gasteiger partial charge in [0.1, 0.15) is 0 Å². The zero-order valence-electron chi connectivity index (χ0n) is 7.58. The van der Waals surface area contributed by atoms with Crippen molar-refractivity contribution in [3.8, 4) is 0 Å². The van der Waals surface area contributed by atoms with Crippen LogP contribution < -0.4 is 0 Å². The van der Waals surface area contributed by atoms with Gasteiger partial charge in [-0.2, -0.15) is 0 Å². The third kappa shape index (κ3) is 2.36. The number of carbonyl (C=O) groups excluding carboxylic acids is 1. The van der Waals surface area contributed by atoms with E-state index in [0.29, 0.717) is 12.5 Å². The second kappa shape index (κ2) is 4.29. The predicted octanol–water partition coefficient (Wildman–Crippen LogP) is 2.15. The summed E-state index contributed by atoms with van der Waals surface area (Å²) in [4.78, 5) is 11.1. The summed E-state index contributed by atoms with van der Waals surface area (Å²) < 4.78 is 4.91. The van der Waals surface area contributed by atoms with Gasteiger partial charge in [-0.3, -0.25) is 4.79 Å². The second-order valence-corrected chi connectivity index (χ2v) is 3.22. The molecule has 2 nitrogen and oxygen atoms in total. The fourth-order valence-electron chi connectivity index (χ4n) is 1.44. The van der Waals surface area contributed by atoms with E-state index in [4.69, 9.17) is 4.74 Å². The van der Waals surface area contributed by atoms with Crippen molar-refractivity contribution in [3.05, 3.63) is 12.7 Å². The Hall–Kier alpha value is -0.790. The number of allylic oxidation sites excluding steroid dienone is 1. The first-order valence-corrected chi connectivity index (χ1v) is 4.57. The highest BCUT2D eigenvalue weighted by molar-refractivity contribution is 5.75. The molecule has 0 radical (unpaired) electrons. The minimum absolute atomic E-state index is 0.00781. The molecule has 0 aliphatic heterocycles. The van der Waals surface area contributed by atoms with E-state index in [9.17, 15) is 4.79 Å². The molecule has 0 aromatic heterocycles. The molecule has 1 aliphatic rings. The normalized spacial score (nSPS) is 26.4. The third-order valence-corrected chi connectivity index (χ3v) is 2.25. The van der Waals surface area contributed by atoms with Gasteiger partial charge >= 0.3 is 5.97 Å². The van der Waals surface area contributed by atoms with Gasteiger partial charge in [0.2, 0.25) is 0 Å². The number of esters is 1. The molecular formula is C10H16O2. The average molecular weight is 168 g/mol. The lowest BCUT2D eigenvalue weighted by atomic mass is 10.2. The van der Waals surface area contributed by atoms with Gasteiger partial charge < -0.3 is 4.74 Å². The quantitative estimate of drug-likeness (QED) is 0.464. The molecule has 1 aliphatic carbocycles. The fourth-order valence-corrected chi connectivity index (χ4v) is 1.44. The Bertz CT molecular complexity index is 175. The summed E-state index contributed by atoms with van der Waals surface area (Å²) in [7, 11) is 0. The number of hydrogen-bond donors (Lipinski definition) is 0. The fraction of sp³-hybridized carbons (Fsp3) is 0.700. The maximum Gasteiger partial charge on any atom is 0.309 e. The monoisotopic (exact) mass is 168 g/mol. The number of carbonyl (C=O) groups is 1. The van der Waals surface area contributed by atoms with Gasteiger partial charge in [-0.05, 0) is 32.1 Å². The van der Waals surface area contributed by atoms with Crippen LogP contribution in [0.2, 0.25) is 0 Å². The van der Waals surface area contributed by atoms with E-state index in [1.807, 2.05) is 13.0 Å². The molecule has 0 heterocycles. The van der Waals surface area contributed by atoms with Gasteiger partial charge in [-0.25, -0.2) is 0 Å². The van der Waals surface area contributed by atoms with Crippen LogP contribution in [-0.4, -0.2) is 12.6 Å². The first kappa shape index (κ1) is 9.30. The van der Waals surface area contributed by atoms with E-state index < -0.39 is 0 Å². The number of rotatable bonds is 5. The van der Waals surface area contributed by atoms with Crippen LogP contribution in [0.15, 0.2) is 12.7 Å². The number of ether oxygens (including phenoxy) is 1. The summed E-state index contributed by atoms with van der Waals surface area (Å²) in [5, 5.41) is 0. The largest absolute Gasteiger partial charge is 0.466 e. The molecule has 68 valence electrons. The molecule has 12 heavy (non-hydrogen) atoms. The minimum atomic E-state index is -0.00781. The Morgan fingerprint density at radius 3 is 3.08 bits per heavy atom. The van der Waals surface area contributed by atoms with Crippen molar-refractivity contribution in [2.75, 3.05) is 6.61 Å². The SMILES string of the molecule is C=CCCC1CC1C(=O)OCC. The molecule has 1 saturated carbocycles. The molecule has 0 bridgehead atoms. The van der Waals surface area contributed by atoms with Crippen LogP contribution in [0.3, 0.4) is 0 Å². The smallest absolute Gasteiger partial charge is 0.309 e. The Morgan fingerprint density at radius 1 is 1.75 bits per heavy atom. The topological polar surface area (TPSA) is 26.3 Å². The van der Waals surface area contributed by atoms with Crippen LogP contribution >= 0.6 is 0 Å². The first-order valence-electron chi connectivity index (χ1n) is 4.57. The van der Waals surface area contributed by atoms with Crippen LogP contribution in [0.4, 0.5) is 0 Å². The highest BCUT2D eigenvalue weighted by Crippen LogP contribution is 2.42. The van der Waals surface area contributed by atoms with Gasteiger partial charge in [0, 0.05) is 0 Å². The van der Waals surface area contributed by atoms with E-state index in [2.05, 4.69) is 6.58 Å². The van der Waals surface area contributed by atoms with Crippen molar-refractivity contribution in [1.82, 2.24) is 0 Å². The molecule has 0 aromatic carbocycles. The lowest BCUT2D eigenvalue weighted by Gasteiger charge is -1.99. The zero-order valence-corrected chi connectivity index (χ0v) is 7.58. The third-order valence-electron chi connectivity index (χ3n) is 2.25. The Kier molecular flexibility index (Phi) is 3.32. The van der Waals surface area contributed by atoms with Gasteiger partial charge in [0.25, 0.3) is 0 Å². The van der Waals surface area contributed by atoms with E-state index in [1.54, 1.807) is 0 Å². The molecule has 2 unspecified atom stereocenters. The van der Waals surface area contributed by atoms with Crippen LogP contribution in [0.5, 0.6) is 0 Å². The van der Waals surface area contributed by atoms with Gasteiger partial charge in [0.05, 0.1) is 12.5 Å². The molecular weight excluding hydrogens is 152 g/mol. The lowest BCUT2D eigenvalue weighted by Crippen LogP contribution is -2.07. The van der Waals surface area contributed by atoms with Crippen molar-refractivity contribution in [1.29, 1.82) is 0 Å². The minimum Gasteiger partial charge on any atom is -0.466 e. The Labute approximate surface area is 73.6 Å². The molecule has 0 amide bonds. The van der Waals surface area contributed by atoms with Crippen molar-refractivity contribution in [2.24, 2.45) is 11.8 Å². The summed E-state index contributed by atoms with van der Waals surface area (Å²) in [6, 6.07) is 0. The van der Waals surface area contributed by atoms with Crippen LogP contribution in [0.1, 0.15) is 26.2 Å². The van der Waals surface area contributed by atoms with Crippen LogP contribution in [0, 0.1) is 11.8 Å². The van der Waals surface area contributed by atoms with Crippen molar-refractivity contribution >= 4 is 5.97 Å². The lowest BCUT2D eigenvalue weighted by molar-refractivity contribution is -0.145. The highest BCUT2D eigenvalue weighted by Gasteiger charge is 2.43. The predicted molar refractivity (Wildman–Crippen MR) is 47.7 cm³/mol. The van der Waals surface area contributed by atoms with Crippen molar-refractivity contribution in [2.45, 2.75) is 26.2 Å². The molecule has 0 N–H and O–H groups in total. The standard InChI is InChI=1S/C10H16O2/c1-3-5-6-8-7-9(8)10(11)12-4-2/h3,8-9H,1,4-7H2,2H3.